The number of likely N-dealkylation sites (tertiary alicyclic amines) is 1. The van der Waals surface area contributed by atoms with Crippen molar-refractivity contribution < 1.29 is 28.2 Å². The van der Waals surface area contributed by atoms with Crippen molar-refractivity contribution in [3.05, 3.63) is 82.1 Å². The van der Waals surface area contributed by atoms with Crippen LogP contribution in [-0.4, -0.2) is 52.3 Å². The molecule has 2 aromatic carbocycles. The number of carbonyl (C=O) groups excluding carboxylic acids is 1. The van der Waals surface area contributed by atoms with Crippen LogP contribution in [0.4, 0.5) is 13.6 Å². The number of carbonyl (C=O) groups is 2. The number of carboxylic acids is 1. The third-order valence-electron chi connectivity index (χ3n) is 6.19. The summed E-state index contributed by atoms with van der Waals surface area (Å²) < 4.78 is 34.4. The molecule has 2 N–H and O–H groups in total. The molecule has 0 spiro atoms. The van der Waals surface area contributed by atoms with Gasteiger partial charge in [-0.1, -0.05) is 30.3 Å². The number of piperidine rings is 1. The monoisotopic (exact) mass is 485 g/mol. The van der Waals surface area contributed by atoms with Gasteiger partial charge in [-0.3, -0.25) is 9.59 Å². The zero-order valence-corrected chi connectivity index (χ0v) is 18.8. The van der Waals surface area contributed by atoms with Crippen LogP contribution in [0.5, 0.6) is 0 Å². The van der Waals surface area contributed by atoms with Crippen LogP contribution in [0, 0.1) is 17.6 Å². The van der Waals surface area contributed by atoms with Crippen molar-refractivity contribution >= 4 is 23.0 Å². The molecule has 1 amide bonds. The van der Waals surface area contributed by atoms with Gasteiger partial charge in [-0.05, 0) is 24.1 Å². The summed E-state index contributed by atoms with van der Waals surface area (Å²) in [5.74, 6) is -3.49. The maximum Gasteiger partial charge on any atom is 0.407 e. The minimum atomic E-state index is -1.06. The number of alkyl carbamates (subject to hydrolysis) is 1. The van der Waals surface area contributed by atoms with Gasteiger partial charge in [0.05, 0.1) is 11.4 Å². The molecule has 10 heteroatoms. The van der Waals surface area contributed by atoms with E-state index >= 15 is 0 Å². The first-order valence-corrected chi connectivity index (χ1v) is 11.2. The molecule has 2 heterocycles. The van der Waals surface area contributed by atoms with Crippen LogP contribution in [0.25, 0.3) is 10.9 Å². The lowest BCUT2D eigenvalue weighted by Gasteiger charge is -2.36. The number of carboxylic acid groups (broad SMARTS) is 1. The molecule has 0 unspecified atom stereocenters. The molecule has 1 aliphatic rings. The first kappa shape index (κ1) is 24.3. The Bertz CT molecular complexity index is 1280. The van der Waals surface area contributed by atoms with Crippen LogP contribution >= 0.6 is 0 Å². The van der Waals surface area contributed by atoms with E-state index in [2.05, 4.69) is 5.32 Å². The summed E-state index contributed by atoms with van der Waals surface area (Å²) in [7, 11) is 0. The van der Waals surface area contributed by atoms with Crippen LogP contribution in [-0.2, 0) is 22.7 Å². The third-order valence-corrected chi connectivity index (χ3v) is 6.19. The van der Waals surface area contributed by atoms with E-state index in [-0.39, 0.29) is 30.6 Å². The van der Waals surface area contributed by atoms with Gasteiger partial charge in [0.15, 0.2) is 0 Å². The molecule has 0 aliphatic carbocycles. The highest BCUT2D eigenvalue weighted by atomic mass is 19.1. The van der Waals surface area contributed by atoms with Gasteiger partial charge in [0, 0.05) is 49.7 Å². The number of pyridine rings is 1. The molecule has 1 aromatic heterocycles. The summed E-state index contributed by atoms with van der Waals surface area (Å²) in [4.78, 5) is 38.4. The Balaban J connectivity index is 1.38. The quantitative estimate of drug-likeness (QED) is 0.534. The SMILES string of the molecule is O=C(N[C@@H]1CCN(CCn2c(=O)ccc3c(F)cc(F)cc32)C[C@H]1C(=O)O)OCc1ccccc1. The summed E-state index contributed by atoms with van der Waals surface area (Å²) >= 11 is 0. The molecule has 8 nitrogen and oxygen atoms in total. The lowest BCUT2D eigenvalue weighted by atomic mass is 9.92. The van der Waals surface area contributed by atoms with E-state index in [1.807, 2.05) is 35.2 Å². The van der Waals surface area contributed by atoms with Crippen LogP contribution in [0.1, 0.15) is 12.0 Å². The second kappa shape index (κ2) is 10.6. The standard InChI is InChI=1S/C25H25F2N3O5/c26-17-12-20(27)18-6-7-23(31)30(22(18)13-17)11-10-29-9-8-21(19(14-29)24(32)33)28-25(34)35-15-16-4-2-1-3-5-16/h1-7,12-13,19,21H,8-11,14-15H2,(H,28,34)(H,32,33)/t19-,21-/m1/s1. The van der Waals surface area contributed by atoms with E-state index in [0.29, 0.717) is 19.5 Å². The van der Waals surface area contributed by atoms with E-state index < -0.39 is 41.2 Å². The van der Waals surface area contributed by atoms with Crippen molar-refractivity contribution in [1.82, 2.24) is 14.8 Å². The van der Waals surface area contributed by atoms with Gasteiger partial charge < -0.3 is 24.6 Å². The van der Waals surface area contributed by atoms with Crippen LogP contribution < -0.4 is 10.9 Å². The zero-order chi connectivity index (χ0) is 24.9. The van der Waals surface area contributed by atoms with E-state index in [4.69, 9.17) is 4.74 Å². The van der Waals surface area contributed by atoms with Crippen LogP contribution in [0.15, 0.2) is 59.4 Å². The van der Waals surface area contributed by atoms with Crippen molar-refractivity contribution in [2.24, 2.45) is 5.92 Å². The Kier molecular flexibility index (Phi) is 7.40. The van der Waals surface area contributed by atoms with Gasteiger partial charge >= 0.3 is 12.1 Å². The number of nitrogens with zero attached hydrogens (tertiary/aromatic N) is 2. The zero-order valence-electron chi connectivity index (χ0n) is 18.8. The molecule has 0 saturated carbocycles. The van der Waals surface area contributed by atoms with Gasteiger partial charge in [0.25, 0.3) is 5.56 Å². The number of aromatic nitrogens is 1. The fourth-order valence-corrected chi connectivity index (χ4v) is 4.36. The maximum absolute atomic E-state index is 14.1. The van der Waals surface area contributed by atoms with Crippen molar-refractivity contribution in [3.63, 3.8) is 0 Å². The third kappa shape index (κ3) is 5.83. The molecule has 0 radical (unpaired) electrons. The largest absolute Gasteiger partial charge is 0.481 e. The summed E-state index contributed by atoms with van der Waals surface area (Å²) in [5, 5.41) is 12.5. The van der Waals surface area contributed by atoms with Crippen LogP contribution in [0.2, 0.25) is 0 Å². The molecule has 35 heavy (non-hydrogen) atoms. The van der Waals surface area contributed by atoms with Crippen molar-refractivity contribution in [3.8, 4) is 0 Å². The van der Waals surface area contributed by atoms with E-state index in [1.165, 1.54) is 16.7 Å². The number of halogens is 2. The summed E-state index contributed by atoms with van der Waals surface area (Å²) in [6, 6.07) is 12.9. The van der Waals surface area contributed by atoms with Gasteiger partial charge in [-0.2, -0.15) is 0 Å². The second-order valence-electron chi connectivity index (χ2n) is 8.49. The predicted molar refractivity (Wildman–Crippen MR) is 124 cm³/mol. The second-order valence-corrected chi connectivity index (χ2v) is 8.49. The number of ether oxygens (including phenoxy) is 1. The molecule has 0 bridgehead atoms. The van der Waals surface area contributed by atoms with E-state index in [0.717, 1.165) is 17.7 Å². The Morgan fingerprint density at radius 3 is 2.60 bits per heavy atom. The van der Waals surface area contributed by atoms with E-state index in [9.17, 15) is 28.3 Å². The fraction of sp³-hybridized carbons (Fsp3) is 0.320. The number of rotatable bonds is 7. The molecule has 1 aliphatic heterocycles. The Hall–Kier alpha value is -3.79. The molecular weight excluding hydrogens is 460 g/mol. The average Bonchev–Trinajstić information content (AvgIpc) is 2.83. The number of amides is 1. The molecule has 1 fully saturated rings. The van der Waals surface area contributed by atoms with Gasteiger partial charge in [-0.25, -0.2) is 13.6 Å². The average molecular weight is 485 g/mol. The number of hydrogen-bond acceptors (Lipinski definition) is 5. The molecule has 3 aromatic rings. The normalized spacial score (nSPS) is 18.3. The number of nitrogens with one attached hydrogen (secondary N) is 1. The number of hydrogen-bond donors (Lipinski definition) is 2. The summed E-state index contributed by atoms with van der Waals surface area (Å²) in [6.45, 7) is 1.11. The minimum absolute atomic E-state index is 0.0736. The fourth-order valence-electron chi connectivity index (χ4n) is 4.36. The van der Waals surface area contributed by atoms with Gasteiger partial charge in [0.2, 0.25) is 0 Å². The lowest BCUT2D eigenvalue weighted by Crippen LogP contribution is -2.54. The maximum atomic E-state index is 14.1. The highest BCUT2D eigenvalue weighted by Crippen LogP contribution is 2.20. The highest BCUT2D eigenvalue weighted by Gasteiger charge is 2.35. The van der Waals surface area contributed by atoms with Crippen molar-refractivity contribution in [2.45, 2.75) is 25.6 Å². The number of benzene rings is 2. The van der Waals surface area contributed by atoms with E-state index in [1.54, 1.807) is 0 Å². The molecular formula is C25H25F2N3O5. The summed E-state index contributed by atoms with van der Waals surface area (Å²) in [6.07, 6.45) is -0.324. The Morgan fingerprint density at radius 1 is 1.09 bits per heavy atom. The molecule has 1 saturated heterocycles. The highest BCUT2D eigenvalue weighted by molar-refractivity contribution is 5.79. The predicted octanol–water partition coefficient (Wildman–Crippen LogP) is 2.98. The number of fused-ring (bicyclic) bond motifs is 1. The van der Waals surface area contributed by atoms with Gasteiger partial charge in [0.1, 0.15) is 18.2 Å². The number of aliphatic carboxylic acids is 1. The Morgan fingerprint density at radius 2 is 1.86 bits per heavy atom. The lowest BCUT2D eigenvalue weighted by molar-refractivity contribution is -0.144. The topological polar surface area (TPSA) is 101 Å². The summed E-state index contributed by atoms with van der Waals surface area (Å²) in [5.41, 5.74) is 0.549. The molecule has 4 rings (SSSR count). The van der Waals surface area contributed by atoms with Crippen LogP contribution in [0.3, 0.4) is 0 Å². The minimum Gasteiger partial charge on any atom is -0.481 e. The van der Waals surface area contributed by atoms with Crippen molar-refractivity contribution in [2.75, 3.05) is 19.6 Å². The Labute approximate surface area is 199 Å². The first-order chi connectivity index (χ1) is 16.8. The smallest absolute Gasteiger partial charge is 0.407 e. The molecule has 184 valence electrons. The van der Waals surface area contributed by atoms with Crippen molar-refractivity contribution in [1.29, 1.82) is 0 Å². The first-order valence-electron chi connectivity index (χ1n) is 11.2. The van der Waals surface area contributed by atoms with Gasteiger partial charge in [-0.15, -0.1) is 0 Å². The molecule has 2 atom stereocenters.